The van der Waals surface area contributed by atoms with Gasteiger partial charge >= 0.3 is 0 Å². The Hall–Kier alpha value is -1.01. The maximum atomic E-state index is 8.87. The molecule has 0 spiro atoms. The van der Waals surface area contributed by atoms with Crippen LogP contribution in [0.15, 0.2) is 22.7 Å². The van der Waals surface area contributed by atoms with Crippen molar-refractivity contribution in [3.63, 3.8) is 0 Å². The Bertz CT molecular complexity index is 454. The Labute approximate surface area is 118 Å². The molecule has 0 bridgehead atoms. The quantitative estimate of drug-likeness (QED) is 0.869. The summed E-state index contributed by atoms with van der Waals surface area (Å²) in [5, 5.41) is 12.5. The van der Waals surface area contributed by atoms with E-state index in [1.165, 1.54) is 19.3 Å². The molecule has 1 aliphatic rings. The monoisotopic (exact) mass is 306 g/mol. The zero-order chi connectivity index (χ0) is 13.1. The third-order valence-corrected chi connectivity index (χ3v) is 4.62. The van der Waals surface area contributed by atoms with Gasteiger partial charge in [0.25, 0.3) is 0 Å². The van der Waals surface area contributed by atoms with Gasteiger partial charge in [-0.2, -0.15) is 5.26 Å². The molecular formula is C15H19BrN2. The minimum Gasteiger partial charge on any atom is -0.381 e. The fourth-order valence-electron chi connectivity index (χ4n) is 2.85. The van der Waals surface area contributed by atoms with Crippen LogP contribution in [0.3, 0.4) is 0 Å². The number of nitrogens with zero attached hydrogens (tertiary/aromatic N) is 1. The summed E-state index contributed by atoms with van der Waals surface area (Å²) in [6.07, 6.45) is 3.95. The summed E-state index contributed by atoms with van der Waals surface area (Å²) in [5.74, 6) is 1.41. The number of nitrogens with one attached hydrogen (secondary N) is 1. The summed E-state index contributed by atoms with van der Waals surface area (Å²) in [4.78, 5) is 0. The van der Waals surface area contributed by atoms with Gasteiger partial charge in [-0.05, 0) is 58.8 Å². The molecule has 1 saturated carbocycles. The lowest BCUT2D eigenvalue weighted by atomic mass is 9.78. The molecule has 2 rings (SSSR count). The first-order valence-electron chi connectivity index (χ1n) is 6.58. The van der Waals surface area contributed by atoms with E-state index < -0.39 is 0 Å². The standard InChI is InChI=1S/C15H19BrN2/c1-10-4-3-5-11(2)15(10)18-14-7-6-12(9-17)8-13(14)16/h6-8,10-11,15,18H,3-5H2,1-2H3. The summed E-state index contributed by atoms with van der Waals surface area (Å²) < 4.78 is 0.978. The Morgan fingerprint density at radius 1 is 1.28 bits per heavy atom. The van der Waals surface area contributed by atoms with Gasteiger partial charge < -0.3 is 5.32 Å². The fourth-order valence-corrected chi connectivity index (χ4v) is 3.34. The highest BCUT2D eigenvalue weighted by Crippen LogP contribution is 2.33. The van der Waals surface area contributed by atoms with Crippen LogP contribution in [0.1, 0.15) is 38.7 Å². The lowest BCUT2D eigenvalue weighted by Crippen LogP contribution is -2.37. The SMILES string of the molecule is CC1CCCC(C)C1Nc1ccc(C#N)cc1Br. The zero-order valence-electron chi connectivity index (χ0n) is 10.9. The van der Waals surface area contributed by atoms with E-state index in [4.69, 9.17) is 5.26 Å². The molecule has 0 amide bonds. The van der Waals surface area contributed by atoms with E-state index in [0.29, 0.717) is 23.4 Å². The Kier molecular flexibility index (Phi) is 4.29. The van der Waals surface area contributed by atoms with E-state index in [1.54, 1.807) is 0 Å². The highest BCUT2D eigenvalue weighted by Gasteiger charge is 2.27. The summed E-state index contributed by atoms with van der Waals surface area (Å²) in [7, 11) is 0. The van der Waals surface area contributed by atoms with Crippen LogP contribution in [0.5, 0.6) is 0 Å². The molecule has 0 saturated heterocycles. The van der Waals surface area contributed by atoms with Crippen LogP contribution in [-0.4, -0.2) is 6.04 Å². The van der Waals surface area contributed by atoms with E-state index in [-0.39, 0.29) is 0 Å². The summed E-state index contributed by atoms with van der Waals surface area (Å²) in [6, 6.07) is 8.43. The molecule has 0 radical (unpaired) electrons. The predicted octanol–water partition coefficient (Wildman–Crippen LogP) is 4.56. The van der Waals surface area contributed by atoms with E-state index >= 15 is 0 Å². The summed E-state index contributed by atoms with van der Waals surface area (Å²) in [6.45, 7) is 4.65. The lowest BCUT2D eigenvalue weighted by Gasteiger charge is -2.36. The van der Waals surface area contributed by atoms with Gasteiger partial charge in [0.05, 0.1) is 11.6 Å². The number of hydrogen-bond donors (Lipinski definition) is 1. The third kappa shape index (κ3) is 2.87. The van der Waals surface area contributed by atoms with Crippen molar-refractivity contribution in [2.75, 3.05) is 5.32 Å². The maximum Gasteiger partial charge on any atom is 0.0992 e. The van der Waals surface area contributed by atoms with Gasteiger partial charge in [-0.3, -0.25) is 0 Å². The summed E-state index contributed by atoms with van der Waals surface area (Å²) >= 11 is 3.54. The molecule has 0 heterocycles. The average Bonchev–Trinajstić information content (AvgIpc) is 2.35. The minimum absolute atomic E-state index is 0.531. The van der Waals surface area contributed by atoms with Crippen LogP contribution in [0, 0.1) is 23.2 Å². The average molecular weight is 307 g/mol. The molecule has 2 nitrogen and oxygen atoms in total. The van der Waals surface area contributed by atoms with Gasteiger partial charge in [-0.25, -0.2) is 0 Å². The highest BCUT2D eigenvalue weighted by atomic mass is 79.9. The second-order valence-electron chi connectivity index (χ2n) is 5.36. The molecule has 1 aromatic carbocycles. The van der Waals surface area contributed by atoms with E-state index in [0.717, 1.165) is 10.2 Å². The van der Waals surface area contributed by atoms with Gasteiger partial charge in [-0.15, -0.1) is 0 Å². The highest BCUT2D eigenvalue weighted by molar-refractivity contribution is 9.10. The number of rotatable bonds is 2. The minimum atomic E-state index is 0.531. The lowest BCUT2D eigenvalue weighted by molar-refractivity contribution is 0.268. The molecule has 2 unspecified atom stereocenters. The van der Waals surface area contributed by atoms with Crippen molar-refractivity contribution in [3.8, 4) is 6.07 Å². The Morgan fingerprint density at radius 3 is 2.50 bits per heavy atom. The van der Waals surface area contributed by atoms with Crippen molar-refractivity contribution in [1.29, 1.82) is 5.26 Å². The molecule has 1 N–H and O–H groups in total. The number of anilines is 1. The molecule has 0 aromatic heterocycles. The first-order chi connectivity index (χ1) is 8.61. The topological polar surface area (TPSA) is 35.8 Å². The normalized spacial score (nSPS) is 27.6. The number of hydrogen-bond acceptors (Lipinski definition) is 2. The molecular weight excluding hydrogens is 288 g/mol. The van der Waals surface area contributed by atoms with E-state index in [1.807, 2.05) is 18.2 Å². The molecule has 2 atom stereocenters. The van der Waals surface area contributed by atoms with Crippen LogP contribution >= 0.6 is 15.9 Å². The molecule has 18 heavy (non-hydrogen) atoms. The van der Waals surface area contributed by atoms with Crippen molar-refractivity contribution < 1.29 is 0 Å². The Morgan fingerprint density at radius 2 is 1.94 bits per heavy atom. The first kappa shape index (κ1) is 13.4. The van der Waals surface area contributed by atoms with Crippen molar-refractivity contribution >= 4 is 21.6 Å². The number of halogens is 1. The predicted molar refractivity (Wildman–Crippen MR) is 78.4 cm³/mol. The van der Waals surface area contributed by atoms with Gasteiger partial charge in [0.2, 0.25) is 0 Å². The number of benzene rings is 1. The van der Waals surface area contributed by atoms with Crippen molar-refractivity contribution in [2.24, 2.45) is 11.8 Å². The van der Waals surface area contributed by atoms with Gasteiger partial charge in [-0.1, -0.05) is 20.3 Å². The van der Waals surface area contributed by atoms with Crippen LogP contribution in [0.2, 0.25) is 0 Å². The van der Waals surface area contributed by atoms with Crippen LogP contribution in [0.4, 0.5) is 5.69 Å². The zero-order valence-corrected chi connectivity index (χ0v) is 12.5. The van der Waals surface area contributed by atoms with Gasteiger partial charge in [0.15, 0.2) is 0 Å². The van der Waals surface area contributed by atoms with Crippen LogP contribution in [-0.2, 0) is 0 Å². The molecule has 1 aliphatic carbocycles. The smallest absolute Gasteiger partial charge is 0.0992 e. The molecule has 3 heteroatoms. The molecule has 96 valence electrons. The molecule has 0 aliphatic heterocycles. The van der Waals surface area contributed by atoms with Gasteiger partial charge in [0.1, 0.15) is 0 Å². The van der Waals surface area contributed by atoms with Crippen molar-refractivity contribution in [3.05, 3.63) is 28.2 Å². The van der Waals surface area contributed by atoms with Crippen molar-refractivity contribution in [2.45, 2.75) is 39.2 Å². The second kappa shape index (κ2) is 5.75. The van der Waals surface area contributed by atoms with E-state index in [9.17, 15) is 0 Å². The third-order valence-electron chi connectivity index (χ3n) is 3.97. The van der Waals surface area contributed by atoms with Crippen LogP contribution in [0.25, 0.3) is 0 Å². The first-order valence-corrected chi connectivity index (χ1v) is 7.37. The van der Waals surface area contributed by atoms with Crippen molar-refractivity contribution in [1.82, 2.24) is 0 Å². The largest absolute Gasteiger partial charge is 0.381 e. The maximum absolute atomic E-state index is 8.87. The number of nitriles is 1. The Balaban J connectivity index is 2.15. The van der Waals surface area contributed by atoms with Crippen LogP contribution < -0.4 is 5.32 Å². The van der Waals surface area contributed by atoms with E-state index in [2.05, 4.69) is 41.2 Å². The summed E-state index contributed by atoms with van der Waals surface area (Å²) in [5.41, 5.74) is 1.79. The molecule has 1 fully saturated rings. The second-order valence-corrected chi connectivity index (χ2v) is 6.22. The fraction of sp³-hybridized carbons (Fsp3) is 0.533. The molecule has 1 aromatic rings. The van der Waals surface area contributed by atoms with Gasteiger partial charge in [0, 0.05) is 16.2 Å².